The molecule has 0 aromatic heterocycles. The molecule has 1 unspecified atom stereocenters. The van der Waals surface area contributed by atoms with Crippen LogP contribution in [0, 0.1) is 5.92 Å². The Morgan fingerprint density at radius 2 is 2.05 bits per heavy atom. The highest BCUT2D eigenvalue weighted by Crippen LogP contribution is 2.17. The molecule has 1 aliphatic heterocycles. The number of rotatable bonds is 5. The number of piperidine rings is 1. The van der Waals surface area contributed by atoms with Crippen LogP contribution in [0.3, 0.4) is 0 Å². The molecule has 1 aromatic carbocycles. The van der Waals surface area contributed by atoms with Gasteiger partial charge in [0.2, 0.25) is 0 Å². The highest BCUT2D eigenvalue weighted by atomic mass is 35.5. The van der Waals surface area contributed by atoms with E-state index in [1.54, 1.807) is 29.2 Å². The van der Waals surface area contributed by atoms with E-state index in [1.165, 1.54) is 0 Å². The summed E-state index contributed by atoms with van der Waals surface area (Å²) in [5, 5.41) is 12.7. The van der Waals surface area contributed by atoms with Gasteiger partial charge in [-0.2, -0.15) is 0 Å². The molecule has 2 N–H and O–H groups in total. The fourth-order valence-corrected chi connectivity index (χ4v) is 2.57. The Bertz CT molecular complexity index is 473. The van der Waals surface area contributed by atoms with Crippen molar-refractivity contribution in [2.75, 3.05) is 26.2 Å². The van der Waals surface area contributed by atoms with E-state index >= 15 is 0 Å². The molecule has 2 amide bonds. The van der Waals surface area contributed by atoms with Gasteiger partial charge in [0.25, 0.3) is 0 Å². The summed E-state index contributed by atoms with van der Waals surface area (Å²) in [6, 6.07) is 7.09. The van der Waals surface area contributed by atoms with Crippen LogP contribution in [0.5, 0.6) is 5.75 Å². The summed E-state index contributed by atoms with van der Waals surface area (Å²) in [6.07, 6.45) is 1.60. The maximum atomic E-state index is 12.1. The summed E-state index contributed by atoms with van der Waals surface area (Å²) in [5.41, 5.74) is 0. The number of carbonyl (C=O) groups is 1. The summed E-state index contributed by atoms with van der Waals surface area (Å²) >= 11 is 5.82. The van der Waals surface area contributed by atoms with E-state index in [4.69, 9.17) is 21.4 Å². The molecule has 1 heterocycles. The van der Waals surface area contributed by atoms with Gasteiger partial charge in [-0.25, -0.2) is 4.79 Å². The van der Waals surface area contributed by atoms with Crippen molar-refractivity contribution >= 4 is 17.6 Å². The van der Waals surface area contributed by atoms with Gasteiger partial charge in [0.05, 0.1) is 6.54 Å². The van der Waals surface area contributed by atoms with E-state index in [-0.39, 0.29) is 18.7 Å². The lowest BCUT2D eigenvalue weighted by Gasteiger charge is -2.31. The number of amides is 2. The minimum atomic E-state index is -0.125. The number of nitrogens with one attached hydrogen (secondary N) is 1. The third-order valence-corrected chi connectivity index (χ3v) is 4.10. The molecular weight excluding hydrogens is 304 g/mol. The number of halogens is 1. The molecule has 0 aliphatic carbocycles. The minimum absolute atomic E-state index is 0.0667. The van der Waals surface area contributed by atoms with Crippen LogP contribution < -0.4 is 10.1 Å². The highest BCUT2D eigenvalue weighted by molar-refractivity contribution is 6.30. The number of aliphatic hydroxyl groups is 1. The average Bonchev–Trinajstić information content (AvgIpc) is 2.55. The zero-order chi connectivity index (χ0) is 15.9. The van der Waals surface area contributed by atoms with Crippen molar-refractivity contribution in [1.29, 1.82) is 0 Å². The first-order valence-corrected chi connectivity index (χ1v) is 8.02. The van der Waals surface area contributed by atoms with Crippen molar-refractivity contribution in [2.24, 2.45) is 5.92 Å². The second kappa shape index (κ2) is 8.25. The van der Waals surface area contributed by atoms with Crippen LogP contribution in [0.25, 0.3) is 0 Å². The molecule has 22 heavy (non-hydrogen) atoms. The number of aliphatic hydroxyl groups excluding tert-OH is 1. The van der Waals surface area contributed by atoms with Gasteiger partial charge in [0, 0.05) is 24.7 Å². The predicted octanol–water partition coefficient (Wildman–Crippen LogP) is 2.52. The molecule has 0 radical (unpaired) electrons. The second-order valence-corrected chi connectivity index (χ2v) is 6.12. The number of carbonyl (C=O) groups excluding carboxylic acids is 1. The number of nitrogens with zero attached hydrogens (tertiary/aromatic N) is 1. The zero-order valence-electron chi connectivity index (χ0n) is 12.8. The number of likely N-dealkylation sites (tertiary alicyclic amines) is 1. The smallest absolute Gasteiger partial charge is 0.317 e. The van der Waals surface area contributed by atoms with Gasteiger partial charge < -0.3 is 20.1 Å². The first-order valence-electron chi connectivity index (χ1n) is 7.64. The lowest BCUT2D eigenvalue weighted by atomic mass is 9.98. The Kier molecular flexibility index (Phi) is 6.34. The van der Waals surface area contributed by atoms with E-state index in [2.05, 4.69) is 5.32 Å². The lowest BCUT2D eigenvalue weighted by Crippen LogP contribution is -2.47. The van der Waals surface area contributed by atoms with Gasteiger partial charge >= 0.3 is 6.03 Å². The average molecular weight is 327 g/mol. The number of benzene rings is 1. The summed E-state index contributed by atoms with van der Waals surface area (Å²) < 4.78 is 5.72. The molecule has 2 rings (SSSR count). The normalized spacial score (nSPS) is 17.1. The van der Waals surface area contributed by atoms with Crippen molar-refractivity contribution < 1.29 is 14.6 Å². The van der Waals surface area contributed by atoms with E-state index in [0.717, 1.165) is 18.6 Å². The zero-order valence-corrected chi connectivity index (χ0v) is 13.6. The molecule has 5 nitrogen and oxygen atoms in total. The molecule has 0 spiro atoms. The number of urea groups is 1. The van der Waals surface area contributed by atoms with E-state index in [1.807, 2.05) is 6.92 Å². The quantitative estimate of drug-likeness (QED) is 0.874. The SMILES string of the molecule is CC(CNC(=O)N1CCC(CO)CC1)Oc1ccc(Cl)cc1. The maximum absolute atomic E-state index is 12.1. The van der Waals surface area contributed by atoms with Crippen molar-refractivity contribution in [2.45, 2.75) is 25.9 Å². The molecule has 0 saturated carbocycles. The van der Waals surface area contributed by atoms with Crippen LogP contribution in [0.1, 0.15) is 19.8 Å². The molecule has 1 aliphatic rings. The van der Waals surface area contributed by atoms with Crippen LogP contribution in [0.2, 0.25) is 5.02 Å². The molecule has 0 bridgehead atoms. The molecule has 6 heteroatoms. The van der Waals surface area contributed by atoms with Gasteiger partial charge in [0.1, 0.15) is 11.9 Å². The van der Waals surface area contributed by atoms with Crippen LogP contribution in [-0.2, 0) is 0 Å². The second-order valence-electron chi connectivity index (χ2n) is 5.68. The fraction of sp³-hybridized carbons (Fsp3) is 0.562. The minimum Gasteiger partial charge on any atom is -0.489 e. The van der Waals surface area contributed by atoms with Crippen molar-refractivity contribution in [1.82, 2.24) is 10.2 Å². The van der Waals surface area contributed by atoms with Gasteiger partial charge in [-0.15, -0.1) is 0 Å². The Morgan fingerprint density at radius 1 is 1.41 bits per heavy atom. The Balaban J connectivity index is 1.70. The number of ether oxygens (including phenoxy) is 1. The van der Waals surface area contributed by atoms with Gasteiger partial charge in [-0.3, -0.25) is 0 Å². The van der Waals surface area contributed by atoms with E-state index in [9.17, 15) is 4.79 Å². The predicted molar refractivity (Wildman–Crippen MR) is 86.3 cm³/mol. The van der Waals surface area contributed by atoms with Gasteiger partial charge in [0.15, 0.2) is 0 Å². The highest BCUT2D eigenvalue weighted by Gasteiger charge is 2.22. The molecular formula is C16H23ClN2O3. The van der Waals surface area contributed by atoms with E-state index in [0.29, 0.717) is 30.6 Å². The van der Waals surface area contributed by atoms with Gasteiger partial charge in [-0.05, 0) is 49.9 Å². The molecule has 1 atom stereocenters. The van der Waals surface area contributed by atoms with Crippen molar-refractivity contribution in [3.8, 4) is 5.75 Å². The molecule has 1 fully saturated rings. The largest absolute Gasteiger partial charge is 0.489 e. The fourth-order valence-electron chi connectivity index (χ4n) is 2.45. The monoisotopic (exact) mass is 326 g/mol. The Labute approximate surface area is 136 Å². The van der Waals surface area contributed by atoms with Crippen molar-refractivity contribution in [3.63, 3.8) is 0 Å². The van der Waals surface area contributed by atoms with Crippen LogP contribution in [-0.4, -0.2) is 48.4 Å². The summed E-state index contributed by atoms with van der Waals surface area (Å²) in [6.45, 7) is 3.96. The Hall–Kier alpha value is -1.46. The standard InChI is InChI=1S/C16H23ClN2O3/c1-12(22-15-4-2-14(17)3-5-15)10-18-16(21)19-8-6-13(11-20)7-9-19/h2-5,12-13,20H,6-11H2,1H3,(H,18,21). The molecule has 1 aromatic rings. The summed E-state index contributed by atoms with van der Waals surface area (Å²) in [4.78, 5) is 13.9. The lowest BCUT2D eigenvalue weighted by molar-refractivity contribution is 0.134. The number of hydrogen-bond acceptors (Lipinski definition) is 3. The summed E-state index contributed by atoms with van der Waals surface area (Å²) in [5.74, 6) is 1.06. The topological polar surface area (TPSA) is 61.8 Å². The van der Waals surface area contributed by atoms with Crippen LogP contribution in [0.4, 0.5) is 4.79 Å². The first kappa shape index (κ1) is 16.9. The van der Waals surface area contributed by atoms with Gasteiger partial charge in [-0.1, -0.05) is 11.6 Å². The maximum Gasteiger partial charge on any atom is 0.317 e. The third kappa shape index (κ3) is 5.07. The van der Waals surface area contributed by atoms with Crippen molar-refractivity contribution in [3.05, 3.63) is 29.3 Å². The molecule has 122 valence electrons. The Morgan fingerprint density at radius 3 is 2.64 bits per heavy atom. The van der Waals surface area contributed by atoms with Crippen LogP contribution >= 0.6 is 11.6 Å². The molecule has 1 saturated heterocycles. The third-order valence-electron chi connectivity index (χ3n) is 3.85. The summed E-state index contributed by atoms with van der Waals surface area (Å²) in [7, 11) is 0. The first-order chi connectivity index (χ1) is 10.6. The number of hydrogen-bond donors (Lipinski definition) is 2. The van der Waals surface area contributed by atoms with Crippen LogP contribution in [0.15, 0.2) is 24.3 Å². The van der Waals surface area contributed by atoms with E-state index < -0.39 is 0 Å².